The molecule has 0 radical (unpaired) electrons. The van der Waals surface area contributed by atoms with Crippen LogP contribution < -0.4 is 10.2 Å². The summed E-state index contributed by atoms with van der Waals surface area (Å²) in [6, 6.07) is 3.44. The summed E-state index contributed by atoms with van der Waals surface area (Å²) in [7, 11) is 1.99. The minimum absolute atomic E-state index is 0.0555. The Labute approximate surface area is 164 Å². The molecule has 1 fully saturated rings. The van der Waals surface area contributed by atoms with Gasteiger partial charge in [0.1, 0.15) is 0 Å². The van der Waals surface area contributed by atoms with E-state index in [2.05, 4.69) is 20.4 Å². The van der Waals surface area contributed by atoms with Crippen LogP contribution in [-0.4, -0.2) is 60.0 Å². The van der Waals surface area contributed by atoms with Gasteiger partial charge >= 0.3 is 6.18 Å². The molecule has 1 aromatic carbocycles. The van der Waals surface area contributed by atoms with E-state index in [1.165, 1.54) is 6.07 Å². The maximum absolute atomic E-state index is 13.1. The minimum atomic E-state index is -4.49. The molecule has 2 heterocycles. The number of rotatable bonds is 5. The molecular weight excluding hydrogens is 395 g/mol. The van der Waals surface area contributed by atoms with Crippen molar-refractivity contribution in [1.82, 2.24) is 15.1 Å². The average molecular weight is 415 g/mol. The minimum Gasteiger partial charge on any atom is -0.416 e. The first kappa shape index (κ1) is 20.5. The highest BCUT2D eigenvalue weighted by atomic mass is 32.2. The Kier molecular flexibility index (Phi) is 6.14. The van der Waals surface area contributed by atoms with Crippen LogP contribution in [0.4, 0.5) is 24.5 Å². The number of hydrogen-bond donors (Lipinski definition) is 1. The van der Waals surface area contributed by atoms with Gasteiger partial charge in [0, 0.05) is 33.1 Å². The van der Waals surface area contributed by atoms with E-state index in [9.17, 15) is 18.0 Å². The van der Waals surface area contributed by atoms with Gasteiger partial charge in [-0.1, -0.05) is 11.8 Å². The Morgan fingerprint density at radius 1 is 1.25 bits per heavy atom. The molecule has 0 saturated carbocycles. The zero-order valence-electron chi connectivity index (χ0n) is 15.4. The lowest BCUT2D eigenvalue weighted by Gasteiger charge is -2.35. The smallest absolute Gasteiger partial charge is 0.416 e. The third-order valence-electron chi connectivity index (χ3n) is 4.28. The van der Waals surface area contributed by atoms with Crippen LogP contribution in [0.1, 0.15) is 11.5 Å². The van der Waals surface area contributed by atoms with Crippen molar-refractivity contribution in [3.05, 3.63) is 29.7 Å². The highest BCUT2D eigenvalue weighted by molar-refractivity contribution is 7.99. The first-order valence-electron chi connectivity index (χ1n) is 8.60. The monoisotopic (exact) mass is 415 g/mol. The van der Waals surface area contributed by atoms with E-state index in [0.29, 0.717) is 24.7 Å². The van der Waals surface area contributed by atoms with Crippen molar-refractivity contribution in [2.45, 2.75) is 18.3 Å². The van der Waals surface area contributed by atoms with Gasteiger partial charge in [0.25, 0.3) is 5.22 Å². The van der Waals surface area contributed by atoms with Gasteiger partial charge < -0.3 is 19.5 Å². The number of amides is 1. The number of aromatic nitrogens is 2. The summed E-state index contributed by atoms with van der Waals surface area (Å²) in [5.41, 5.74) is -0.0828. The Morgan fingerprint density at radius 2 is 1.96 bits per heavy atom. The van der Waals surface area contributed by atoms with Gasteiger partial charge in [-0.2, -0.15) is 13.2 Å². The fourth-order valence-corrected chi connectivity index (χ4v) is 3.39. The van der Waals surface area contributed by atoms with Crippen molar-refractivity contribution in [3.8, 4) is 0 Å². The molecule has 1 saturated heterocycles. The van der Waals surface area contributed by atoms with Crippen LogP contribution in [0.2, 0.25) is 0 Å². The molecule has 11 heteroatoms. The maximum Gasteiger partial charge on any atom is 0.416 e. The van der Waals surface area contributed by atoms with Crippen molar-refractivity contribution >= 4 is 29.0 Å². The number of piperazine rings is 1. The molecule has 2 aromatic rings. The predicted octanol–water partition coefficient (Wildman–Crippen LogP) is 2.88. The first-order valence-corrected chi connectivity index (χ1v) is 9.58. The molecule has 7 nitrogen and oxygen atoms in total. The molecule has 1 aliphatic heterocycles. The Bertz CT molecular complexity index is 834. The van der Waals surface area contributed by atoms with E-state index >= 15 is 0 Å². The number of carbonyl (C=O) groups excluding carboxylic acids is 1. The van der Waals surface area contributed by atoms with Gasteiger partial charge in [0.05, 0.1) is 22.7 Å². The summed E-state index contributed by atoms with van der Waals surface area (Å²) in [5, 5.41) is 10.3. The maximum atomic E-state index is 13.1. The van der Waals surface area contributed by atoms with Crippen LogP contribution in [-0.2, 0) is 11.0 Å². The molecule has 3 rings (SSSR count). The molecule has 0 atom stereocenters. The van der Waals surface area contributed by atoms with Crippen molar-refractivity contribution in [2.75, 3.05) is 49.2 Å². The van der Waals surface area contributed by atoms with Gasteiger partial charge in [-0.25, -0.2) is 0 Å². The van der Waals surface area contributed by atoms with Crippen molar-refractivity contribution in [1.29, 1.82) is 0 Å². The number of halogens is 3. The van der Waals surface area contributed by atoms with Crippen molar-refractivity contribution in [2.24, 2.45) is 0 Å². The fraction of sp³-hybridized carbons (Fsp3) is 0.471. The molecule has 1 N–H and O–H groups in total. The zero-order chi connectivity index (χ0) is 20.3. The number of anilines is 2. The molecule has 0 bridgehead atoms. The van der Waals surface area contributed by atoms with Gasteiger partial charge in [-0.15, -0.1) is 10.2 Å². The van der Waals surface area contributed by atoms with Crippen LogP contribution in [0.3, 0.4) is 0 Å². The quantitative estimate of drug-likeness (QED) is 0.753. The van der Waals surface area contributed by atoms with E-state index < -0.39 is 17.6 Å². The number of nitrogens with one attached hydrogen (secondary N) is 1. The summed E-state index contributed by atoms with van der Waals surface area (Å²) in [6.45, 7) is 4.55. The highest BCUT2D eigenvalue weighted by Crippen LogP contribution is 2.36. The number of aryl methyl sites for hydroxylation is 1. The third kappa shape index (κ3) is 5.16. The predicted molar refractivity (Wildman–Crippen MR) is 99.5 cm³/mol. The second-order valence-electron chi connectivity index (χ2n) is 6.44. The summed E-state index contributed by atoms with van der Waals surface area (Å²) in [5.74, 6) is -0.131. The lowest BCUT2D eigenvalue weighted by atomic mass is 10.1. The second-order valence-corrected chi connectivity index (χ2v) is 7.37. The summed E-state index contributed by atoms with van der Waals surface area (Å²) in [6.07, 6.45) is -4.49. The van der Waals surface area contributed by atoms with E-state index in [-0.39, 0.29) is 16.7 Å². The van der Waals surface area contributed by atoms with E-state index in [1.807, 2.05) is 11.9 Å². The molecule has 1 aromatic heterocycles. The number of likely N-dealkylation sites (N-methyl/N-ethyl adjacent to an activating group) is 1. The summed E-state index contributed by atoms with van der Waals surface area (Å²) >= 11 is 1.03. The number of hydrogen-bond acceptors (Lipinski definition) is 7. The highest BCUT2D eigenvalue weighted by Gasteiger charge is 2.32. The van der Waals surface area contributed by atoms with E-state index in [1.54, 1.807) is 6.92 Å². The molecular formula is C17H20F3N5O2S. The molecule has 0 unspecified atom stereocenters. The number of nitrogens with zero attached hydrogens (tertiary/aromatic N) is 4. The standard InChI is InChI=1S/C17H20F3N5O2S/c1-11-22-23-16(27-11)28-10-15(26)21-13-9-12(17(18,19)20)3-4-14(13)25-7-5-24(2)6-8-25/h3-4,9H,5-8,10H2,1-2H3,(H,21,26). The normalized spacial score (nSPS) is 15.7. The number of benzene rings is 1. The largest absolute Gasteiger partial charge is 0.416 e. The lowest BCUT2D eigenvalue weighted by Crippen LogP contribution is -2.44. The van der Waals surface area contributed by atoms with E-state index in [4.69, 9.17) is 4.42 Å². The lowest BCUT2D eigenvalue weighted by molar-refractivity contribution is -0.137. The molecule has 152 valence electrons. The van der Waals surface area contributed by atoms with Crippen LogP contribution in [0, 0.1) is 6.92 Å². The molecule has 1 amide bonds. The zero-order valence-corrected chi connectivity index (χ0v) is 16.2. The topological polar surface area (TPSA) is 74.5 Å². The number of carbonyl (C=O) groups is 1. The SMILES string of the molecule is Cc1nnc(SCC(=O)Nc2cc(C(F)(F)F)ccc2N2CCN(C)CC2)o1. The number of thioether (sulfide) groups is 1. The van der Waals surface area contributed by atoms with Crippen molar-refractivity contribution < 1.29 is 22.4 Å². The van der Waals surface area contributed by atoms with Gasteiger partial charge in [-0.3, -0.25) is 4.79 Å². The Hall–Kier alpha value is -2.27. The molecule has 28 heavy (non-hydrogen) atoms. The molecule has 0 spiro atoms. The van der Waals surface area contributed by atoms with Gasteiger partial charge in [-0.05, 0) is 25.2 Å². The van der Waals surface area contributed by atoms with Crippen LogP contribution in [0.5, 0.6) is 0 Å². The van der Waals surface area contributed by atoms with Crippen molar-refractivity contribution in [3.63, 3.8) is 0 Å². The molecule has 0 aliphatic carbocycles. The fourth-order valence-electron chi connectivity index (χ4n) is 2.79. The van der Waals surface area contributed by atoms with Gasteiger partial charge in [0.15, 0.2) is 0 Å². The number of alkyl halides is 3. The van der Waals surface area contributed by atoms with Gasteiger partial charge in [0.2, 0.25) is 11.8 Å². The third-order valence-corrected chi connectivity index (χ3v) is 5.09. The second kappa shape index (κ2) is 8.39. The molecule has 1 aliphatic rings. The first-order chi connectivity index (χ1) is 13.2. The van der Waals surface area contributed by atoms with Crippen LogP contribution in [0.25, 0.3) is 0 Å². The average Bonchev–Trinajstić information content (AvgIpc) is 3.05. The Morgan fingerprint density at radius 3 is 2.57 bits per heavy atom. The summed E-state index contributed by atoms with van der Waals surface area (Å²) < 4.78 is 44.6. The summed E-state index contributed by atoms with van der Waals surface area (Å²) in [4.78, 5) is 16.4. The van der Waals surface area contributed by atoms with E-state index in [0.717, 1.165) is 37.0 Å². The van der Waals surface area contributed by atoms with Crippen LogP contribution >= 0.6 is 11.8 Å². The van der Waals surface area contributed by atoms with Crippen LogP contribution in [0.15, 0.2) is 27.8 Å². The Balaban J connectivity index is 1.76.